The van der Waals surface area contributed by atoms with E-state index in [2.05, 4.69) is 4.72 Å². The molecule has 1 aromatic carbocycles. The van der Waals surface area contributed by atoms with Crippen LogP contribution in [0.1, 0.15) is 29.0 Å². The van der Waals surface area contributed by atoms with Gasteiger partial charge in [0.2, 0.25) is 10.0 Å². The van der Waals surface area contributed by atoms with Crippen molar-refractivity contribution >= 4 is 21.4 Å². The average Bonchev–Trinajstić information content (AvgIpc) is 2.92. The summed E-state index contributed by atoms with van der Waals surface area (Å²) in [5, 5.41) is 10.6. The van der Waals surface area contributed by atoms with E-state index in [-0.39, 0.29) is 11.8 Å². The maximum absolute atomic E-state index is 12.1. The number of sulfonamides is 1. The molecule has 1 atom stereocenters. The normalized spacial score (nSPS) is 12.8. The van der Waals surface area contributed by atoms with Crippen molar-refractivity contribution in [2.75, 3.05) is 0 Å². The molecule has 0 aliphatic heterocycles. The quantitative estimate of drug-likeness (QED) is 0.923. The summed E-state index contributed by atoms with van der Waals surface area (Å²) in [5.41, 5.74) is 1.18. The van der Waals surface area contributed by atoms with Gasteiger partial charge in [-0.15, -0.1) is 11.3 Å². The summed E-state index contributed by atoms with van der Waals surface area (Å²) in [5.74, 6) is -0.0889. The van der Waals surface area contributed by atoms with Crippen molar-refractivity contribution < 1.29 is 8.42 Å². The van der Waals surface area contributed by atoms with Crippen LogP contribution in [0.2, 0.25) is 0 Å². The van der Waals surface area contributed by atoms with Crippen LogP contribution in [0.5, 0.6) is 0 Å². The van der Waals surface area contributed by atoms with Crippen LogP contribution in [0.15, 0.2) is 41.8 Å². The molecule has 20 heavy (non-hydrogen) atoms. The molecule has 0 spiro atoms. The van der Waals surface area contributed by atoms with Crippen molar-refractivity contribution in [3.8, 4) is 6.07 Å². The fourth-order valence-electron chi connectivity index (χ4n) is 1.80. The molecule has 0 aliphatic carbocycles. The number of nitriles is 1. The van der Waals surface area contributed by atoms with E-state index in [9.17, 15) is 8.42 Å². The Morgan fingerprint density at radius 3 is 2.55 bits per heavy atom. The van der Waals surface area contributed by atoms with E-state index in [0.29, 0.717) is 11.1 Å². The van der Waals surface area contributed by atoms with Gasteiger partial charge >= 0.3 is 0 Å². The zero-order valence-electron chi connectivity index (χ0n) is 10.9. The standard InChI is InChI=1S/C14H14N2O2S2/c1-11(14-3-2-8-19-14)16-20(17,18)10-13-6-4-12(9-15)5-7-13/h2-8,11,16H,10H2,1H3. The van der Waals surface area contributed by atoms with Crippen molar-refractivity contribution in [1.82, 2.24) is 4.72 Å². The van der Waals surface area contributed by atoms with Crippen LogP contribution in [0.25, 0.3) is 0 Å². The third-order valence-electron chi connectivity index (χ3n) is 2.77. The number of hydrogen-bond donors (Lipinski definition) is 1. The van der Waals surface area contributed by atoms with Crippen molar-refractivity contribution in [2.24, 2.45) is 0 Å². The van der Waals surface area contributed by atoms with Crippen LogP contribution in [0.3, 0.4) is 0 Å². The van der Waals surface area contributed by atoms with Crippen molar-refractivity contribution in [1.29, 1.82) is 5.26 Å². The van der Waals surface area contributed by atoms with Gasteiger partial charge in [-0.1, -0.05) is 18.2 Å². The highest BCUT2D eigenvalue weighted by Gasteiger charge is 2.17. The van der Waals surface area contributed by atoms with Crippen molar-refractivity contribution in [2.45, 2.75) is 18.7 Å². The first kappa shape index (κ1) is 14.7. The van der Waals surface area contributed by atoms with Gasteiger partial charge < -0.3 is 0 Å². The van der Waals surface area contributed by atoms with Gasteiger partial charge in [0.15, 0.2) is 0 Å². The highest BCUT2D eigenvalue weighted by atomic mass is 32.2. The minimum Gasteiger partial charge on any atom is -0.212 e. The second-order valence-corrected chi connectivity index (χ2v) is 7.16. The Balaban J connectivity index is 2.05. The highest BCUT2D eigenvalue weighted by Crippen LogP contribution is 2.19. The molecular formula is C14H14N2O2S2. The minimum absolute atomic E-state index is 0.0889. The maximum atomic E-state index is 12.1. The summed E-state index contributed by atoms with van der Waals surface area (Å²) in [6.45, 7) is 1.82. The summed E-state index contributed by atoms with van der Waals surface area (Å²) in [6.07, 6.45) is 0. The average molecular weight is 306 g/mol. The van der Waals surface area contributed by atoms with Crippen LogP contribution < -0.4 is 4.72 Å². The zero-order chi connectivity index (χ0) is 14.6. The summed E-state index contributed by atoms with van der Waals surface area (Å²) >= 11 is 1.52. The molecule has 1 heterocycles. The Labute approximate surface area is 122 Å². The number of rotatable bonds is 5. The van der Waals surface area contributed by atoms with Crippen LogP contribution in [-0.4, -0.2) is 8.42 Å². The van der Waals surface area contributed by atoms with Crippen LogP contribution >= 0.6 is 11.3 Å². The van der Waals surface area contributed by atoms with E-state index < -0.39 is 10.0 Å². The van der Waals surface area contributed by atoms with Crippen molar-refractivity contribution in [3.05, 3.63) is 57.8 Å². The second kappa shape index (κ2) is 6.18. The van der Waals surface area contributed by atoms with Gasteiger partial charge in [-0.25, -0.2) is 13.1 Å². The summed E-state index contributed by atoms with van der Waals surface area (Å²) in [6, 6.07) is 12.1. The van der Waals surface area contributed by atoms with Gasteiger partial charge in [0.25, 0.3) is 0 Å². The third kappa shape index (κ3) is 3.90. The molecule has 0 bridgehead atoms. The molecular weight excluding hydrogens is 292 g/mol. The lowest BCUT2D eigenvalue weighted by atomic mass is 10.2. The molecule has 1 unspecified atom stereocenters. The van der Waals surface area contributed by atoms with E-state index in [1.807, 2.05) is 30.5 Å². The first-order chi connectivity index (χ1) is 9.50. The first-order valence-corrected chi connectivity index (χ1v) is 8.56. The Kier molecular flexibility index (Phi) is 4.55. The molecule has 0 aliphatic rings. The van der Waals surface area contributed by atoms with Gasteiger partial charge in [-0.3, -0.25) is 0 Å². The smallest absolute Gasteiger partial charge is 0.212 e. The second-order valence-electron chi connectivity index (χ2n) is 4.42. The van der Waals surface area contributed by atoms with Gasteiger partial charge in [0, 0.05) is 4.88 Å². The number of benzene rings is 1. The van der Waals surface area contributed by atoms with Gasteiger partial charge in [0.05, 0.1) is 23.4 Å². The monoisotopic (exact) mass is 306 g/mol. The first-order valence-electron chi connectivity index (χ1n) is 6.02. The molecule has 2 rings (SSSR count). The summed E-state index contributed by atoms with van der Waals surface area (Å²) in [7, 11) is -3.41. The molecule has 1 N–H and O–H groups in total. The summed E-state index contributed by atoms with van der Waals surface area (Å²) in [4.78, 5) is 0.980. The molecule has 104 valence electrons. The van der Waals surface area contributed by atoms with E-state index in [0.717, 1.165) is 4.88 Å². The molecule has 0 radical (unpaired) electrons. The molecule has 0 fully saturated rings. The summed E-state index contributed by atoms with van der Waals surface area (Å²) < 4.78 is 26.8. The predicted octanol–water partition coefficient (Wildman–Crippen LogP) is 2.80. The number of thiophene rings is 1. The largest absolute Gasteiger partial charge is 0.216 e. The topological polar surface area (TPSA) is 70.0 Å². The van der Waals surface area contributed by atoms with E-state index in [1.54, 1.807) is 24.3 Å². The fraction of sp³-hybridized carbons (Fsp3) is 0.214. The van der Waals surface area contributed by atoms with Gasteiger partial charge in [0.1, 0.15) is 0 Å². The third-order valence-corrected chi connectivity index (χ3v) is 5.25. The lowest BCUT2D eigenvalue weighted by molar-refractivity contribution is 0.567. The molecule has 0 saturated heterocycles. The highest BCUT2D eigenvalue weighted by molar-refractivity contribution is 7.88. The SMILES string of the molecule is CC(NS(=O)(=O)Cc1ccc(C#N)cc1)c1cccs1. The lowest BCUT2D eigenvalue weighted by Crippen LogP contribution is -2.27. The number of hydrogen-bond acceptors (Lipinski definition) is 4. The van der Waals surface area contributed by atoms with E-state index in [4.69, 9.17) is 5.26 Å². The molecule has 6 heteroatoms. The Morgan fingerprint density at radius 1 is 1.30 bits per heavy atom. The number of nitrogens with one attached hydrogen (secondary N) is 1. The maximum Gasteiger partial charge on any atom is 0.216 e. The predicted molar refractivity (Wildman–Crippen MR) is 79.7 cm³/mol. The molecule has 0 saturated carbocycles. The van der Waals surface area contributed by atoms with E-state index in [1.165, 1.54) is 11.3 Å². The number of nitrogens with zero attached hydrogens (tertiary/aromatic N) is 1. The van der Waals surface area contributed by atoms with Gasteiger partial charge in [-0.2, -0.15) is 5.26 Å². The molecule has 4 nitrogen and oxygen atoms in total. The molecule has 1 aromatic heterocycles. The van der Waals surface area contributed by atoms with Crippen LogP contribution in [0, 0.1) is 11.3 Å². The zero-order valence-corrected chi connectivity index (χ0v) is 12.5. The molecule has 0 amide bonds. The minimum atomic E-state index is -3.41. The fourth-order valence-corrected chi connectivity index (χ4v) is 3.99. The Hall–Kier alpha value is -1.68. The van der Waals surface area contributed by atoms with E-state index >= 15 is 0 Å². The van der Waals surface area contributed by atoms with Crippen molar-refractivity contribution in [3.63, 3.8) is 0 Å². The Bertz CT molecular complexity index is 699. The van der Waals surface area contributed by atoms with Gasteiger partial charge in [-0.05, 0) is 36.1 Å². The molecule has 2 aromatic rings. The lowest BCUT2D eigenvalue weighted by Gasteiger charge is -2.12. The van der Waals surface area contributed by atoms with Crippen LogP contribution in [0.4, 0.5) is 0 Å². The van der Waals surface area contributed by atoms with Crippen LogP contribution in [-0.2, 0) is 15.8 Å². The Morgan fingerprint density at radius 2 is 2.00 bits per heavy atom.